The molecular formula is C20H21N3O2S3. The fourth-order valence-corrected chi connectivity index (χ4v) is 5.72. The number of nitrogens with zero attached hydrogens (tertiary/aromatic N) is 3. The Bertz CT molecular complexity index is 1050. The second-order valence-electron chi connectivity index (χ2n) is 6.67. The molecule has 0 saturated carbocycles. The van der Waals surface area contributed by atoms with E-state index in [1.165, 1.54) is 16.7 Å². The zero-order chi connectivity index (χ0) is 19.8. The van der Waals surface area contributed by atoms with Crippen LogP contribution in [-0.4, -0.2) is 51.3 Å². The quantitative estimate of drug-likeness (QED) is 0.548. The van der Waals surface area contributed by atoms with Crippen molar-refractivity contribution in [1.82, 2.24) is 9.47 Å². The number of likely N-dealkylation sites (N-methyl/N-ethyl adjacent to an activating group) is 1. The van der Waals surface area contributed by atoms with Gasteiger partial charge in [0.15, 0.2) is 0 Å². The standard InChI is InChI=1S/C20H21N3O2S3/c1-3-23-15-7-5-4-6-13(15)17(22-8-10-27-11-9-22)14(18(23)24)12-16-19(25)21(2)20(26)28-16/h4-7,12H,3,8-11H2,1-2H3. The van der Waals surface area contributed by atoms with Gasteiger partial charge in [-0.25, -0.2) is 0 Å². The van der Waals surface area contributed by atoms with E-state index in [0.29, 0.717) is 21.3 Å². The topological polar surface area (TPSA) is 45.6 Å². The molecule has 0 N–H and O–H groups in total. The maximum absolute atomic E-state index is 13.5. The normalized spacial score (nSPS) is 19.3. The first-order valence-corrected chi connectivity index (χ1v) is 11.6. The van der Waals surface area contributed by atoms with Crippen LogP contribution in [-0.2, 0) is 11.3 Å². The molecule has 0 unspecified atom stereocenters. The largest absolute Gasteiger partial charge is 0.369 e. The van der Waals surface area contributed by atoms with Crippen LogP contribution in [0, 0.1) is 0 Å². The third-order valence-electron chi connectivity index (χ3n) is 5.09. The van der Waals surface area contributed by atoms with Crippen LogP contribution >= 0.6 is 35.7 Å². The molecule has 4 rings (SSSR count). The van der Waals surface area contributed by atoms with Crippen molar-refractivity contribution in [3.63, 3.8) is 0 Å². The van der Waals surface area contributed by atoms with Crippen LogP contribution in [0.2, 0.25) is 0 Å². The second-order valence-corrected chi connectivity index (χ2v) is 9.57. The van der Waals surface area contributed by atoms with Gasteiger partial charge in [-0.3, -0.25) is 14.5 Å². The lowest BCUT2D eigenvalue weighted by molar-refractivity contribution is -0.121. The van der Waals surface area contributed by atoms with E-state index in [1.807, 2.05) is 36.9 Å². The van der Waals surface area contributed by atoms with E-state index in [2.05, 4.69) is 11.0 Å². The van der Waals surface area contributed by atoms with Gasteiger partial charge in [-0.1, -0.05) is 42.2 Å². The van der Waals surface area contributed by atoms with Gasteiger partial charge in [-0.05, 0) is 19.1 Å². The average molecular weight is 432 g/mol. The van der Waals surface area contributed by atoms with Crippen LogP contribution in [0.3, 0.4) is 0 Å². The van der Waals surface area contributed by atoms with E-state index < -0.39 is 0 Å². The molecule has 0 spiro atoms. The highest BCUT2D eigenvalue weighted by atomic mass is 32.2. The molecule has 8 heteroatoms. The van der Waals surface area contributed by atoms with Crippen LogP contribution in [0.5, 0.6) is 0 Å². The highest BCUT2D eigenvalue weighted by molar-refractivity contribution is 8.26. The third-order valence-corrected chi connectivity index (χ3v) is 7.51. The Morgan fingerprint density at radius 2 is 1.89 bits per heavy atom. The van der Waals surface area contributed by atoms with Gasteiger partial charge in [0.25, 0.3) is 11.5 Å². The highest BCUT2D eigenvalue weighted by Crippen LogP contribution is 2.36. The molecule has 0 atom stereocenters. The molecule has 3 heterocycles. The minimum atomic E-state index is -0.147. The lowest BCUT2D eigenvalue weighted by atomic mass is 10.1. The van der Waals surface area contributed by atoms with Gasteiger partial charge in [0.2, 0.25) is 0 Å². The summed E-state index contributed by atoms with van der Waals surface area (Å²) in [5.74, 6) is 1.91. The number of hydrogen-bond donors (Lipinski definition) is 0. The van der Waals surface area contributed by atoms with E-state index in [0.717, 1.165) is 41.2 Å². The summed E-state index contributed by atoms with van der Waals surface area (Å²) in [5, 5.41) is 1.05. The Morgan fingerprint density at radius 3 is 2.54 bits per heavy atom. The number of amides is 1. The summed E-state index contributed by atoms with van der Waals surface area (Å²) in [6, 6.07) is 8.04. The lowest BCUT2D eigenvalue weighted by Crippen LogP contribution is -2.35. The van der Waals surface area contributed by atoms with Crippen molar-refractivity contribution in [3.8, 4) is 0 Å². The van der Waals surface area contributed by atoms with E-state index >= 15 is 0 Å². The Morgan fingerprint density at radius 1 is 1.18 bits per heavy atom. The van der Waals surface area contributed by atoms with Crippen LogP contribution in [0.15, 0.2) is 34.0 Å². The fraction of sp³-hybridized carbons (Fsp3) is 0.350. The lowest BCUT2D eigenvalue weighted by Gasteiger charge is -2.31. The number of fused-ring (bicyclic) bond motifs is 1. The number of aryl methyl sites for hydroxylation is 1. The summed E-state index contributed by atoms with van der Waals surface area (Å²) in [6.07, 6.45) is 1.75. The molecule has 1 amide bonds. The summed E-state index contributed by atoms with van der Waals surface area (Å²) >= 11 is 8.44. The molecule has 2 aliphatic heterocycles. The maximum atomic E-state index is 13.5. The number of hydrogen-bond acceptors (Lipinski definition) is 6. The molecule has 28 heavy (non-hydrogen) atoms. The molecule has 5 nitrogen and oxygen atoms in total. The number of rotatable bonds is 3. The van der Waals surface area contributed by atoms with Crippen molar-refractivity contribution < 1.29 is 4.79 Å². The molecule has 2 aliphatic rings. The predicted molar refractivity (Wildman–Crippen MR) is 124 cm³/mol. The number of aromatic nitrogens is 1. The van der Waals surface area contributed by atoms with Gasteiger partial charge in [0, 0.05) is 43.6 Å². The zero-order valence-corrected chi connectivity index (χ0v) is 18.3. The number of anilines is 1. The van der Waals surface area contributed by atoms with E-state index in [4.69, 9.17) is 12.2 Å². The number of para-hydroxylation sites is 1. The Labute approximate surface area is 177 Å². The summed E-state index contributed by atoms with van der Waals surface area (Å²) in [7, 11) is 1.67. The first-order chi connectivity index (χ1) is 13.5. The van der Waals surface area contributed by atoms with Crippen molar-refractivity contribution in [2.45, 2.75) is 13.5 Å². The number of carbonyl (C=O) groups excluding carboxylic acids is 1. The molecule has 0 aliphatic carbocycles. The van der Waals surface area contributed by atoms with Gasteiger partial charge in [0.05, 0.1) is 21.7 Å². The molecule has 1 aromatic carbocycles. The highest BCUT2D eigenvalue weighted by Gasteiger charge is 2.30. The van der Waals surface area contributed by atoms with Gasteiger partial charge in [0.1, 0.15) is 4.32 Å². The molecule has 146 valence electrons. The average Bonchev–Trinajstić information content (AvgIpc) is 2.96. The Hall–Kier alpha value is -1.77. The first-order valence-electron chi connectivity index (χ1n) is 9.22. The second kappa shape index (κ2) is 7.93. The minimum absolute atomic E-state index is 0.0594. The maximum Gasteiger partial charge on any atom is 0.265 e. The SMILES string of the molecule is CCn1c(=O)c(C=C2SC(=S)N(C)C2=O)c(N2CCSCC2)c2ccccc21. The van der Waals surface area contributed by atoms with E-state index in [-0.39, 0.29) is 11.5 Å². The molecule has 1 aromatic heterocycles. The van der Waals surface area contributed by atoms with Crippen LogP contribution in [0.25, 0.3) is 17.0 Å². The molecular weight excluding hydrogens is 410 g/mol. The summed E-state index contributed by atoms with van der Waals surface area (Å²) in [5.41, 5.74) is 2.40. The third kappa shape index (κ3) is 3.27. The fourth-order valence-electron chi connectivity index (χ4n) is 3.66. The van der Waals surface area contributed by atoms with Crippen molar-refractivity contribution >= 4 is 68.6 Å². The summed E-state index contributed by atoms with van der Waals surface area (Å²) < 4.78 is 2.31. The van der Waals surface area contributed by atoms with Crippen LogP contribution in [0.1, 0.15) is 12.5 Å². The van der Waals surface area contributed by atoms with Crippen LogP contribution in [0.4, 0.5) is 5.69 Å². The van der Waals surface area contributed by atoms with E-state index in [1.54, 1.807) is 17.7 Å². The zero-order valence-electron chi connectivity index (χ0n) is 15.8. The number of thiocarbonyl (C=S) groups is 1. The van der Waals surface area contributed by atoms with Gasteiger partial charge in [-0.2, -0.15) is 11.8 Å². The number of carbonyl (C=O) groups is 1. The van der Waals surface area contributed by atoms with Crippen molar-refractivity contribution in [1.29, 1.82) is 0 Å². The molecule has 2 saturated heterocycles. The van der Waals surface area contributed by atoms with Gasteiger partial charge in [-0.15, -0.1) is 0 Å². The van der Waals surface area contributed by atoms with Crippen LogP contribution < -0.4 is 10.5 Å². The minimum Gasteiger partial charge on any atom is -0.369 e. The molecule has 0 radical (unpaired) electrons. The monoisotopic (exact) mass is 431 g/mol. The Kier molecular flexibility index (Phi) is 5.53. The Balaban J connectivity index is 2.01. The number of thioether (sulfide) groups is 2. The van der Waals surface area contributed by atoms with Gasteiger partial charge >= 0.3 is 0 Å². The molecule has 2 fully saturated rings. The van der Waals surface area contributed by atoms with E-state index in [9.17, 15) is 9.59 Å². The van der Waals surface area contributed by atoms with Crippen molar-refractivity contribution in [2.75, 3.05) is 36.5 Å². The number of pyridine rings is 1. The van der Waals surface area contributed by atoms with Crippen molar-refractivity contribution in [2.24, 2.45) is 0 Å². The predicted octanol–water partition coefficient (Wildman–Crippen LogP) is 3.41. The summed E-state index contributed by atoms with van der Waals surface area (Å²) in [4.78, 5) is 30.3. The van der Waals surface area contributed by atoms with Crippen molar-refractivity contribution in [3.05, 3.63) is 45.1 Å². The molecule has 2 aromatic rings. The summed E-state index contributed by atoms with van der Waals surface area (Å²) in [6.45, 7) is 4.32. The van der Waals surface area contributed by atoms with Gasteiger partial charge < -0.3 is 9.47 Å². The number of benzene rings is 1. The first kappa shape index (κ1) is 19.5. The smallest absolute Gasteiger partial charge is 0.265 e. The molecule has 0 bridgehead atoms.